The fourth-order valence-electron chi connectivity index (χ4n) is 4.53. The van der Waals surface area contributed by atoms with E-state index in [2.05, 4.69) is 20.6 Å². The Bertz CT molecular complexity index is 1100. The maximum atomic E-state index is 12.6. The first-order valence-corrected chi connectivity index (χ1v) is 10.3. The van der Waals surface area contributed by atoms with E-state index in [0.29, 0.717) is 17.8 Å². The summed E-state index contributed by atoms with van der Waals surface area (Å²) in [5.41, 5.74) is 15.8. The number of amides is 1. The molecule has 8 N–H and O–H groups in total. The molecule has 0 saturated heterocycles. The lowest BCUT2D eigenvalue weighted by atomic mass is 9.91. The molecule has 2 unspecified atom stereocenters. The van der Waals surface area contributed by atoms with Crippen LogP contribution in [0.1, 0.15) is 52.4 Å². The predicted molar refractivity (Wildman–Crippen MR) is 115 cm³/mol. The van der Waals surface area contributed by atoms with Crippen molar-refractivity contribution in [1.82, 2.24) is 15.3 Å². The molecule has 0 radical (unpaired) electrons. The smallest absolute Gasteiger partial charge is 0.326 e. The first kappa shape index (κ1) is 21.3. The number of carbonyl (C=O) groups excluding carboxylic acids is 1. The lowest BCUT2D eigenvalue weighted by Gasteiger charge is -2.21. The van der Waals surface area contributed by atoms with E-state index in [1.807, 2.05) is 0 Å². The molecule has 4 rings (SSSR count). The zero-order chi connectivity index (χ0) is 23.0. The van der Waals surface area contributed by atoms with Crippen molar-refractivity contribution in [2.45, 2.75) is 50.1 Å². The molecule has 0 bridgehead atoms. The molecule has 1 aliphatic carbocycles. The number of carboxylic acids is 2. The summed E-state index contributed by atoms with van der Waals surface area (Å²) >= 11 is 0. The molecule has 1 aliphatic heterocycles. The number of aryl methyl sites for hydroxylation is 1. The largest absolute Gasteiger partial charge is 0.481 e. The van der Waals surface area contributed by atoms with Crippen LogP contribution in [0.3, 0.4) is 0 Å². The molecular formula is C21H24N6O5. The summed E-state index contributed by atoms with van der Waals surface area (Å²) in [5.74, 6) is -2.28. The molecule has 2 aromatic rings. The van der Waals surface area contributed by atoms with Gasteiger partial charge in [0.15, 0.2) is 0 Å². The van der Waals surface area contributed by atoms with Gasteiger partial charge in [-0.15, -0.1) is 0 Å². The number of nitrogens with one attached hydrogen (secondary N) is 2. The fourth-order valence-corrected chi connectivity index (χ4v) is 4.53. The third-order valence-corrected chi connectivity index (χ3v) is 6.02. The fraction of sp³-hybridized carbons (Fsp3) is 0.381. The summed E-state index contributed by atoms with van der Waals surface area (Å²) in [4.78, 5) is 43.1. The maximum Gasteiger partial charge on any atom is 0.326 e. The van der Waals surface area contributed by atoms with Crippen molar-refractivity contribution in [1.29, 1.82) is 0 Å². The van der Waals surface area contributed by atoms with Gasteiger partial charge in [-0.25, -0.2) is 9.78 Å². The molecule has 0 spiro atoms. The van der Waals surface area contributed by atoms with Gasteiger partial charge in [0, 0.05) is 35.2 Å². The second-order valence-corrected chi connectivity index (χ2v) is 8.10. The van der Waals surface area contributed by atoms with E-state index in [4.69, 9.17) is 16.6 Å². The molecule has 2 heterocycles. The van der Waals surface area contributed by atoms with Gasteiger partial charge in [-0.1, -0.05) is 0 Å². The van der Waals surface area contributed by atoms with Crippen molar-refractivity contribution in [3.63, 3.8) is 0 Å². The number of hydrogen-bond acceptors (Lipinski definition) is 8. The molecule has 168 valence electrons. The third kappa shape index (κ3) is 4.13. The highest BCUT2D eigenvalue weighted by Gasteiger charge is 2.36. The number of anilines is 3. The van der Waals surface area contributed by atoms with Crippen LogP contribution in [0.15, 0.2) is 18.2 Å². The number of aliphatic carboxylic acids is 2. The second-order valence-electron chi connectivity index (χ2n) is 8.10. The molecule has 1 aromatic carbocycles. The second kappa shape index (κ2) is 8.33. The van der Waals surface area contributed by atoms with Crippen molar-refractivity contribution < 1.29 is 24.6 Å². The number of rotatable bonds is 7. The summed E-state index contributed by atoms with van der Waals surface area (Å²) in [6.07, 6.45) is 1.74. The quantitative estimate of drug-likeness (QED) is 0.358. The number of nitrogens with zero attached hydrogens (tertiary/aromatic N) is 2. The number of benzene rings is 1. The van der Waals surface area contributed by atoms with Crippen LogP contribution in [0.4, 0.5) is 17.5 Å². The molecular weight excluding hydrogens is 416 g/mol. The van der Waals surface area contributed by atoms with Crippen LogP contribution >= 0.6 is 0 Å². The standard InChI is InChI=1S/C21H24N6O5/c22-18-17-11(2-4-13(17)26-21(23)27-18)15-8-10-7-9(1-3-12(10)24-15)19(30)25-14(20(31)32)5-6-16(28)29/h1,3,7,11,14-15,24H,2,4-6,8H2,(H,25,30)(H,28,29)(H,31,32)(H4,22,23,26,27)/t11?,14-,15?/m0/s1. The van der Waals surface area contributed by atoms with Gasteiger partial charge < -0.3 is 32.3 Å². The first-order valence-electron chi connectivity index (χ1n) is 10.3. The lowest BCUT2D eigenvalue weighted by Crippen LogP contribution is -2.41. The number of carboxylic acid groups (broad SMARTS) is 2. The van der Waals surface area contributed by atoms with Crippen molar-refractivity contribution in [3.8, 4) is 0 Å². The molecule has 1 aromatic heterocycles. The normalized spacial score (nSPS) is 19.5. The number of fused-ring (bicyclic) bond motifs is 2. The Labute approximate surface area is 183 Å². The van der Waals surface area contributed by atoms with Gasteiger partial charge in [0.2, 0.25) is 5.95 Å². The topological polar surface area (TPSA) is 194 Å². The van der Waals surface area contributed by atoms with Gasteiger partial charge in [-0.05, 0) is 49.4 Å². The van der Waals surface area contributed by atoms with Crippen LogP contribution in [0.2, 0.25) is 0 Å². The molecule has 3 atom stereocenters. The van der Waals surface area contributed by atoms with Crippen molar-refractivity contribution in [3.05, 3.63) is 40.6 Å². The van der Waals surface area contributed by atoms with Gasteiger partial charge in [-0.3, -0.25) is 9.59 Å². The number of hydrogen-bond donors (Lipinski definition) is 6. The average Bonchev–Trinajstić information content (AvgIpc) is 3.33. The van der Waals surface area contributed by atoms with Crippen LogP contribution in [0, 0.1) is 0 Å². The van der Waals surface area contributed by atoms with E-state index in [0.717, 1.165) is 35.3 Å². The van der Waals surface area contributed by atoms with E-state index in [-0.39, 0.29) is 30.7 Å². The highest BCUT2D eigenvalue weighted by Crippen LogP contribution is 2.42. The van der Waals surface area contributed by atoms with Gasteiger partial charge >= 0.3 is 11.9 Å². The molecule has 0 fully saturated rings. The zero-order valence-corrected chi connectivity index (χ0v) is 17.2. The van der Waals surface area contributed by atoms with E-state index in [1.54, 1.807) is 18.2 Å². The number of aromatic nitrogens is 2. The Morgan fingerprint density at radius 3 is 2.72 bits per heavy atom. The van der Waals surface area contributed by atoms with Crippen LogP contribution in [-0.4, -0.2) is 50.1 Å². The highest BCUT2D eigenvalue weighted by atomic mass is 16.4. The van der Waals surface area contributed by atoms with E-state index in [1.165, 1.54) is 0 Å². The van der Waals surface area contributed by atoms with E-state index in [9.17, 15) is 19.5 Å². The maximum absolute atomic E-state index is 12.6. The Hall–Kier alpha value is -3.89. The van der Waals surface area contributed by atoms with Crippen LogP contribution in [0.25, 0.3) is 0 Å². The molecule has 1 amide bonds. The molecule has 0 saturated carbocycles. The molecule has 11 nitrogen and oxygen atoms in total. The van der Waals surface area contributed by atoms with Crippen molar-refractivity contribution >= 4 is 35.3 Å². The minimum atomic E-state index is -1.28. The molecule has 32 heavy (non-hydrogen) atoms. The summed E-state index contributed by atoms with van der Waals surface area (Å²) in [5, 5.41) is 23.9. The SMILES string of the molecule is Nc1nc(N)c2c(n1)CCC2C1Cc2cc(C(=O)N[C@@H](CCC(=O)O)C(=O)O)ccc2N1. The van der Waals surface area contributed by atoms with Crippen LogP contribution < -0.4 is 22.1 Å². The molecule has 2 aliphatic rings. The monoisotopic (exact) mass is 440 g/mol. The Morgan fingerprint density at radius 2 is 2.00 bits per heavy atom. The van der Waals surface area contributed by atoms with Gasteiger partial charge in [0.25, 0.3) is 5.91 Å². The molecule has 11 heteroatoms. The van der Waals surface area contributed by atoms with Crippen molar-refractivity contribution in [2.24, 2.45) is 0 Å². The number of nitrogens with two attached hydrogens (primary N) is 2. The van der Waals surface area contributed by atoms with Crippen molar-refractivity contribution in [2.75, 3.05) is 16.8 Å². The first-order chi connectivity index (χ1) is 15.2. The Morgan fingerprint density at radius 1 is 1.22 bits per heavy atom. The summed E-state index contributed by atoms with van der Waals surface area (Å²) in [7, 11) is 0. The highest BCUT2D eigenvalue weighted by molar-refractivity contribution is 5.97. The summed E-state index contributed by atoms with van der Waals surface area (Å²) < 4.78 is 0. The van der Waals surface area contributed by atoms with Gasteiger partial charge in [-0.2, -0.15) is 4.98 Å². The Kier molecular flexibility index (Phi) is 5.56. The lowest BCUT2D eigenvalue weighted by molar-refractivity contribution is -0.140. The van der Waals surface area contributed by atoms with Gasteiger partial charge in [0.1, 0.15) is 11.9 Å². The Balaban J connectivity index is 1.47. The van der Waals surface area contributed by atoms with E-state index < -0.39 is 23.9 Å². The minimum absolute atomic E-state index is 0.0569. The zero-order valence-electron chi connectivity index (χ0n) is 17.2. The third-order valence-electron chi connectivity index (χ3n) is 6.02. The minimum Gasteiger partial charge on any atom is -0.481 e. The van der Waals surface area contributed by atoms with Crippen LogP contribution in [0.5, 0.6) is 0 Å². The predicted octanol–water partition coefficient (Wildman–Crippen LogP) is 0.755. The van der Waals surface area contributed by atoms with Crippen LogP contribution in [-0.2, 0) is 22.4 Å². The van der Waals surface area contributed by atoms with Gasteiger partial charge in [0.05, 0.1) is 5.69 Å². The summed E-state index contributed by atoms with van der Waals surface area (Å²) in [6, 6.07) is 3.91. The van der Waals surface area contributed by atoms with E-state index >= 15 is 0 Å². The number of nitrogen functional groups attached to an aromatic ring is 2. The average molecular weight is 440 g/mol. The number of carbonyl (C=O) groups is 3. The summed E-state index contributed by atoms with van der Waals surface area (Å²) in [6.45, 7) is 0.